The van der Waals surface area contributed by atoms with Crippen molar-refractivity contribution in [2.24, 2.45) is 5.92 Å². The van der Waals surface area contributed by atoms with Gasteiger partial charge in [-0.3, -0.25) is 4.79 Å². The van der Waals surface area contributed by atoms with Gasteiger partial charge in [-0.15, -0.1) is 0 Å². The molecule has 4 nitrogen and oxygen atoms in total. The number of nitrogens with zero attached hydrogens (tertiary/aromatic N) is 1. The second-order valence-electron chi connectivity index (χ2n) is 6.59. The van der Waals surface area contributed by atoms with Gasteiger partial charge in [-0.25, -0.2) is 4.79 Å². The standard InChI is InChI=1S/C20H33NO3/c1-4-6-11-18(5-2)16-24-20(23)19(17(3)22)12-10-15-21-13-8-7-9-14-21/h10,12,15,18H,4-9,11,13-14,16H2,1-3H3/b15-10+,19-12-. The van der Waals surface area contributed by atoms with E-state index >= 15 is 0 Å². The predicted octanol–water partition coefficient (Wildman–Crippen LogP) is 4.26. The molecule has 1 fully saturated rings. The Labute approximate surface area is 146 Å². The first kappa shape index (κ1) is 20.5. The van der Waals surface area contributed by atoms with Crippen LogP contribution in [0.3, 0.4) is 0 Å². The number of allylic oxidation sites excluding steroid dienone is 2. The first-order valence-electron chi connectivity index (χ1n) is 9.39. The number of carbonyl (C=O) groups is 2. The van der Waals surface area contributed by atoms with Gasteiger partial charge in [0.2, 0.25) is 0 Å². The number of rotatable bonds is 10. The van der Waals surface area contributed by atoms with Gasteiger partial charge >= 0.3 is 5.97 Å². The van der Waals surface area contributed by atoms with Gasteiger partial charge in [-0.1, -0.05) is 33.1 Å². The van der Waals surface area contributed by atoms with E-state index in [2.05, 4.69) is 18.7 Å². The average Bonchev–Trinajstić information content (AvgIpc) is 2.59. The molecule has 0 radical (unpaired) electrons. The number of piperidine rings is 1. The first-order valence-corrected chi connectivity index (χ1v) is 9.39. The van der Waals surface area contributed by atoms with Crippen LogP contribution in [0.2, 0.25) is 0 Å². The zero-order valence-electron chi connectivity index (χ0n) is 15.6. The lowest BCUT2D eigenvalue weighted by atomic mass is 10.0. The lowest BCUT2D eigenvalue weighted by Gasteiger charge is -2.24. The van der Waals surface area contributed by atoms with Gasteiger partial charge in [0.1, 0.15) is 5.57 Å². The fraction of sp³-hybridized carbons (Fsp3) is 0.700. The van der Waals surface area contributed by atoms with Crippen LogP contribution < -0.4 is 0 Å². The summed E-state index contributed by atoms with van der Waals surface area (Å²) < 4.78 is 5.38. The molecule has 1 saturated heterocycles. The summed E-state index contributed by atoms with van der Waals surface area (Å²) in [5.74, 6) is -0.364. The summed E-state index contributed by atoms with van der Waals surface area (Å²) in [4.78, 5) is 26.2. The van der Waals surface area contributed by atoms with Gasteiger partial charge in [0.25, 0.3) is 0 Å². The average molecular weight is 335 g/mol. The van der Waals surface area contributed by atoms with Crippen molar-refractivity contribution in [1.82, 2.24) is 4.90 Å². The summed E-state index contributed by atoms with van der Waals surface area (Å²) in [6.07, 6.45) is 13.4. The molecule has 1 atom stereocenters. The summed E-state index contributed by atoms with van der Waals surface area (Å²) in [5.41, 5.74) is 0.133. The van der Waals surface area contributed by atoms with Gasteiger partial charge < -0.3 is 9.64 Å². The second-order valence-corrected chi connectivity index (χ2v) is 6.59. The van der Waals surface area contributed by atoms with Crippen LogP contribution in [0.5, 0.6) is 0 Å². The van der Waals surface area contributed by atoms with Crippen LogP contribution in [0.25, 0.3) is 0 Å². The Hall–Kier alpha value is -1.58. The molecule has 1 unspecified atom stereocenters. The minimum absolute atomic E-state index is 0.133. The molecule has 1 aliphatic heterocycles. The maximum atomic E-state index is 12.2. The molecule has 24 heavy (non-hydrogen) atoms. The Morgan fingerprint density at radius 2 is 1.88 bits per heavy atom. The van der Waals surface area contributed by atoms with Crippen LogP contribution in [0.1, 0.15) is 65.7 Å². The molecule has 1 heterocycles. The van der Waals surface area contributed by atoms with Crippen LogP contribution in [0.15, 0.2) is 23.9 Å². The smallest absolute Gasteiger partial charge is 0.341 e. The third kappa shape index (κ3) is 7.80. The van der Waals surface area contributed by atoms with E-state index in [1.165, 1.54) is 26.2 Å². The molecule has 0 spiro atoms. The lowest BCUT2D eigenvalue weighted by molar-refractivity contribution is -0.141. The van der Waals surface area contributed by atoms with Gasteiger partial charge in [0.05, 0.1) is 6.61 Å². The number of hydrogen-bond acceptors (Lipinski definition) is 4. The number of esters is 1. The number of likely N-dealkylation sites (tertiary alicyclic amines) is 1. The Kier molecular flexibility index (Phi) is 10.1. The Morgan fingerprint density at radius 1 is 1.17 bits per heavy atom. The molecular formula is C20H33NO3. The third-order valence-electron chi connectivity index (χ3n) is 4.54. The van der Waals surface area contributed by atoms with Crippen molar-refractivity contribution in [2.75, 3.05) is 19.7 Å². The topological polar surface area (TPSA) is 46.6 Å². The number of ether oxygens (including phenoxy) is 1. The highest BCUT2D eigenvalue weighted by molar-refractivity contribution is 6.16. The van der Waals surface area contributed by atoms with Crippen molar-refractivity contribution in [1.29, 1.82) is 0 Å². The Morgan fingerprint density at radius 3 is 2.46 bits per heavy atom. The summed E-state index contributed by atoms with van der Waals surface area (Å²) in [5, 5.41) is 0. The number of unbranched alkanes of at least 4 members (excludes halogenated alkanes) is 1. The van der Waals surface area contributed by atoms with Crippen LogP contribution in [-0.4, -0.2) is 36.3 Å². The normalized spacial score (nSPS) is 17.1. The lowest BCUT2D eigenvalue weighted by Crippen LogP contribution is -2.24. The molecule has 4 heteroatoms. The first-order chi connectivity index (χ1) is 11.6. The molecule has 0 aromatic rings. The molecule has 1 aliphatic rings. The number of ketones is 1. The van der Waals surface area contributed by atoms with Crippen molar-refractivity contribution < 1.29 is 14.3 Å². The minimum Gasteiger partial charge on any atom is -0.462 e. The van der Waals surface area contributed by atoms with E-state index < -0.39 is 5.97 Å². The molecule has 0 aliphatic carbocycles. The zero-order valence-corrected chi connectivity index (χ0v) is 15.6. The van der Waals surface area contributed by atoms with Crippen LogP contribution in [0, 0.1) is 5.92 Å². The maximum Gasteiger partial charge on any atom is 0.341 e. The summed E-state index contributed by atoms with van der Waals surface area (Å²) in [6, 6.07) is 0. The predicted molar refractivity (Wildman–Crippen MR) is 97.6 cm³/mol. The molecule has 0 aromatic carbocycles. The zero-order chi connectivity index (χ0) is 17.8. The Balaban J connectivity index is 2.55. The van der Waals surface area contributed by atoms with E-state index in [4.69, 9.17) is 4.74 Å². The summed E-state index contributed by atoms with van der Waals surface area (Å²) in [7, 11) is 0. The molecular weight excluding hydrogens is 302 g/mol. The minimum atomic E-state index is -0.499. The van der Waals surface area contributed by atoms with E-state index in [-0.39, 0.29) is 11.4 Å². The molecule has 0 bridgehead atoms. The second kappa shape index (κ2) is 11.9. The van der Waals surface area contributed by atoms with Crippen molar-refractivity contribution in [3.63, 3.8) is 0 Å². The quantitative estimate of drug-likeness (QED) is 0.197. The number of carbonyl (C=O) groups excluding carboxylic acids is 2. The van der Waals surface area contributed by atoms with E-state index in [1.54, 1.807) is 12.2 Å². The van der Waals surface area contributed by atoms with Gasteiger partial charge in [0, 0.05) is 13.1 Å². The Bertz CT molecular complexity index is 448. The van der Waals surface area contributed by atoms with Crippen molar-refractivity contribution in [2.45, 2.75) is 65.7 Å². The molecule has 0 N–H and O–H groups in total. The monoisotopic (exact) mass is 335 g/mol. The molecule has 0 amide bonds. The largest absolute Gasteiger partial charge is 0.462 e. The highest BCUT2D eigenvalue weighted by Crippen LogP contribution is 2.14. The van der Waals surface area contributed by atoms with E-state index in [0.29, 0.717) is 12.5 Å². The number of hydrogen-bond donors (Lipinski definition) is 0. The SMILES string of the molecule is CCCCC(CC)COC(=O)/C(=C\C=C\N1CCCCC1)C(C)=O. The highest BCUT2D eigenvalue weighted by atomic mass is 16.5. The molecule has 0 aromatic heterocycles. The molecule has 136 valence electrons. The highest BCUT2D eigenvalue weighted by Gasteiger charge is 2.17. The van der Waals surface area contributed by atoms with Crippen molar-refractivity contribution in [3.8, 4) is 0 Å². The fourth-order valence-electron chi connectivity index (χ4n) is 2.83. The third-order valence-corrected chi connectivity index (χ3v) is 4.54. The molecule has 1 rings (SSSR count). The molecule has 0 saturated carbocycles. The van der Waals surface area contributed by atoms with Gasteiger partial charge in [0.15, 0.2) is 5.78 Å². The number of Topliss-reactive ketones (excluding diaryl/α,β-unsaturated/α-hetero) is 1. The van der Waals surface area contributed by atoms with E-state index in [1.807, 2.05) is 6.20 Å². The summed E-state index contributed by atoms with van der Waals surface area (Å²) >= 11 is 0. The van der Waals surface area contributed by atoms with Crippen LogP contribution in [0.4, 0.5) is 0 Å². The van der Waals surface area contributed by atoms with Crippen LogP contribution in [-0.2, 0) is 14.3 Å². The maximum absolute atomic E-state index is 12.2. The van der Waals surface area contributed by atoms with Crippen LogP contribution >= 0.6 is 0 Å². The summed E-state index contributed by atoms with van der Waals surface area (Å²) in [6.45, 7) is 8.16. The van der Waals surface area contributed by atoms with Gasteiger partial charge in [-0.05, 0) is 56.9 Å². The fourth-order valence-corrected chi connectivity index (χ4v) is 2.83. The van der Waals surface area contributed by atoms with E-state index in [9.17, 15) is 9.59 Å². The van der Waals surface area contributed by atoms with Crippen molar-refractivity contribution in [3.05, 3.63) is 23.9 Å². The van der Waals surface area contributed by atoms with Crippen molar-refractivity contribution >= 4 is 11.8 Å². The van der Waals surface area contributed by atoms with E-state index in [0.717, 1.165) is 38.8 Å². The van der Waals surface area contributed by atoms with Gasteiger partial charge in [-0.2, -0.15) is 0 Å².